The van der Waals surface area contributed by atoms with E-state index < -0.39 is 0 Å². The molecule has 0 saturated carbocycles. The zero-order valence-corrected chi connectivity index (χ0v) is 15.5. The summed E-state index contributed by atoms with van der Waals surface area (Å²) in [5.41, 5.74) is 12.1. The smallest absolute Gasteiger partial charge is 0.142 e. The molecular formula is C20H22N6. The predicted molar refractivity (Wildman–Crippen MR) is 103 cm³/mol. The molecule has 0 unspecified atom stereocenters. The summed E-state index contributed by atoms with van der Waals surface area (Å²) in [6.07, 6.45) is 3.65. The van der Waals surface area contributed by atoms with Gasteiger partial charge in [0.05, 0.1) is 11.9 Å². The van der Waals surface area contributed by atoms with E-state index in [1.54, 1.807) is 10.9 Å². The van der Waals surface area contributed by atoms with Crippen LogP contribution in [-0.4, -0.2) is 33.8 Å². The maximum absolute atomic E-state index is 9.67. The number of benzene rings is 1. The molecule has 2 aromatic heterocycles. The largest absolute Gasteiger partial charge is 0.383 e. The molecule has 132 valence electrons. The third-order valence-corrected chi connectivity index (χ3v) is 4.27. The standard InChI is InChI=1S/C20H22N6/c1-13-18(15-7-5-6-14(8-15)11-25(2)3)17(9-21)20(22)24-19(13)16-10-23-26(4)12-16/h5-8,10,12H,11H2,1-4H3,(H2,22,24). The van der Waals surface area contributed by atoms with Gasteiger partial charge in [-0.25, -0.2) is 4.98 Å². The number of nitrogens with zero attached hydrogens (tertiary/aromatic N) is 5. The van der Waals surface area contributed by atoms with E-state index >= 15 is 0 Å². The molecule has 0 atom stereocenters. The van der Waals surface area contributed by atoms with Crippen LogP contribution >= 0.6 is 0 Å². The van der Waals surface area contributed by atoms with E-state index in [4.69, 9.17) is 5.73 Å². The Hall–Kier alpha value is -3.17. The first-order valence-electron chi connectivity index (χ1n) is 8.34. The zero-order valence-electron chi connectivity index (χ0n) is 15.5. The van der Waals surface area contributed by atoms with Gasteiger partial charge in [0.15, 0.2) is 0 Å². The van der Waals surface area contributed by atoms with Gasteiger partial charge < -0.3 is 10.6 Å². The normalized spacial score (nSPS) is 10.9. The molecule has 0 saturated heterocycles. The van der Waals surface area contributed by atoms with Crippen molar-refractivity contribution in [1.82, 2.24) is 19.7 Å². The molecule has 2 N–H and O–H groups in total. The van der Waals surface area contributed by atoms with Crippen molar-refractivity contribution < 1.29 is 0 Å². The van der Waals surface area contributed by atoms with Crippen LogP contribution in [-0.2, 0) is 13.6 Å². The van der Waals surface area contributed by atoms with Crippen LogP contribution in [0.25, 0.3) is 22.4 Å². The van der Waals surface area contributed by atoms with E-state index in [1.165, 1.54) is 5.56 Å². The number of aromatic nitrogens is 3. The van der Waals surface area contributed by atoms with Crippen molar-refractivity contribution in [3.63, 3.8) is 0 Å². The summed E-state index contributed by atoms with van der Waals surface area (Å²) in [5, 5.41) is 13.9. The second-order valence-electron chi connectivity index (χ2n) is 6.67. The summed E-state index contributed by atoms with van der Waals surface area (Å²) in [4.78, 5) is 6.59. The van der Waals surface area contributed by atoms with Crippen molar-refractivity contribution in [3.05, 3.63) is 53.3 Å². The topological polar surface area (TPSA) is 83.8 Å². The van der Waals surface area contributed by atoms with E-state index in [0.29, 0.717) is 5.56 Å². The van der Waals surface area contributed by atoms with Gasteiger partial charge in [-0.3, -0.25) is 4.68 Å². The number of hydrogen-bond donors (Lipinski definition) is 1. The van der Waals surface area contributed by atoms with Crippen molar-refractivity contribution in [2.24, 2.45) is 7.05 Å². The summed E-state index contributed by atoms with van der Waals surface area (Å²) in [7, 11) is 5.92. The molecule has 0 aliphatic rings. The Kier molecular flexibility index (Phi) is 4.74. The third-order valence-electron chi connectivity index (χ3n) is 4.27. The molecule has 0 fully saturated rings. The Labute approximate surface area is 153 Å². The lowest BCUT2D eigenvalue weighted by Gasteiger charge is -2.16. The molecule has 3 rings (SSSR count). The molecular weight excluding hydrogens is 324 g/mol. The van der Waals surface area contributed by atoms with Gasteiger partial charge in [-0.2, -0.15) is 10.4 Å². The number of aryl methyl sites for hydroxylation is 1. The monoisotopic (exact) mass is 346 g/mol. The minimum atomic E-state index is 0.241. The summed E-state index contributed by atoms with van der Waals surface area (Å²) in [6.45, 7) is 2.80. The summed E-state index contributed by atoms with van der Waals surface area (Å²) in [5.74, 6) is 0.241. The highest BCUT2D eigenvalue weighted by molar-refractivity contribution is 5.84. The van der Waals surface area contributed by atoms with Crippen LogP contribution in [0.2, 0.25) is 0 Å². The highest BCUT2D eigenvalue weighted by atomic mass is 15.2. The maximum atomic E-state index is 9.67. The third kappa shape index (κ3) is 3.30. The number of nitriles is 1. The molecule has 3 aromatic rings. The van der Waals surface area contributed by atoms with Gasteiger partial charge in [0.2, 0.25) is 0 Å². The van der Waals surface area contributed by atoms with E-state index in [-0.39, 0.29) is 5.82 Å². The van der Waals surface area contributed by atoms with Crippen LogP contribution in [0.1, 0.15) is 16.7 Å². The Bertz CT molecular complexity index is 994. The highest BCUT2D eigenvalue weighted by Gasteiger charge is 2.19. The van der Waals surface area contributed by atoms with Gasteiger partial charge in [0.1, 0.15) is 17.5 Å². The number of anilines is 1. The second kappa shape index (κ2) is 6.98. The van der Waals surface area contributed by atoms with Crippen molar-refractivity contribution in [3.8, 4) is 28.5 Å². The fraction of sp³-hybridized carbons (Fsp3) is 0.250. The fourth-order valence-corrected chi connectivity index (χ4v) is 3.18. The molecule has 2 heterocycles. The van der Waals surface area contributed by atoms with Crippen molar-refractivity contribution in [2.75, 3.05) is 19.8 Å². The Morgan fingerprint density at radius 3 is 2.65 bits per heavy atom. The van der Waals surface area contributed by atoms with Gasteiger partial charge in [0.25, 0.3) is 0 Å². The average molecular weight is 346 g/mol. The average Bonchev–Trinajstić information content (AvgIpc) is 3.02. The Morgan fingerprint density at radius 1 is 1.27 bits per heavy atom. The van der Waals surface area contributed by atoms with E-state index in [9.17, 15) is 5.26 Å². The number of rotatable bonds is 4. The predicted octanol–water partition coefficient (Wildman–Crippen LogP) is 2.97. The van der Waals surface area contributed by atoms with Gasteiger partial charge in [-0.1, -0.05) is 18.2 Å². The Balaban J connectivity index is 2.23. The fourth-order valence-electron chi connectivity index (χ4n) is 3.18. The maximum Gasteiger partial charge on any atom is 0.142 e. The van der Waals surface area contributed by atoms with Gasteiger partial charge in [-0.15, -0.1) is 0 Å². The number of nitrogens with two attached hydrogens (primary N) is 1. The van der Waals surface area contributed by atoms with E-state index in [1.807, 2.05) is 46.4 Å². The molecule has 6 nitrogen and oxygen atoms in total. The number of pyridine rings is 1. The molecule has 0 amide bonds. The molecule has 0 bridgehead atoms. The molecule has 1 aromatic carbocycles. The van der Waals surface area contributed by atoms with Crippen molar-refractivity contribution in [2.45, 2.75) is 13.5 Å². The lowest BCUT2D eigenvalue weighted by molar-refractivity contribution is 0.402. The Morgan fingerprint density at radius 2 is 2.04 bits per heavy atom. The minimum absolute atomic E-state index is 0.241. The van der Waals surface area contributed by atoms with Gasteiger partial charge in [-0.05, 0) is 43.8 Å². The van der Waals surface area contributed by atoms with Crippen LogP contribution in [0.5, 0.6) is 0 Å². The first-order valence-corrected chi connectivity index (χ1v) is 8.34. The van der Waals surface area contributed by atoms with Crippen LogP contribution in [0.3, 0.4) is 0 Å². The van der Waals surface area contributed by atoms with Crippen molar-refractivity contribution >= 4 is 5.82 Å². The van der Waals surface area contributed by atoms with E-state index in [0.717, 1.165) is 34.5 Å². The number of nitrogen functional groups attached to an aromatic ring is 1. The summed E-state index contributed by atoms with van der Waals surface area (Å²) >= 11 is 0. The first kappa shape index (κ1) is 17.6. The minimum Gasteiger partial charge on any atom is -0.383 e. The first-order chi connectivity index (χ1) is 12.4. The van der Waals surface area contributed by atoms with Crippen molar-refractivity contribution in [1.29, 1.82) is 5.26 Å². The molecule has 0 radical (unpaired) electrons. The molecule has 6 heteroatoms. The molecule has 26 heavy (non-hydrogen) atoms. The molecule has 0 aliphatic heterocycles. The second-order valence-corrected chi connectivity index (χ2v) is 6.67. The number of hydrogen-bond acceptors (Lipinski definition) is 5. The van der Waals surface area contributed by atoms with Crippen LogP contribution < -0.4 is 5.73 Å². The summed E-state index contributed by atoms with van der Waals surface area (Å²) in [6, 6.07) is 10.4. The summed E-state index contributed by atoms with van der Waals surface area (Å²) < 4.78 is 1.72. The van der Waals surface area contributed by atoms with Crippen LogP contribution in [0, 0.1) is 18.3 Å². The highest BCUT2D eigenvalue weighted by Crippen LogP contribution is 2.35. The van der Waals surface area contributed by atoms with E-state index in [2.05, 4.69) is 33.2 Å². The van der Waals surface area contributed by atoms with Gasteiger partial charge >= 0.3 is 0 Å². The quantitative estimate of drug-likeness (QED) is 0.785. The van der Waals surface area contributed by atoms with Gasteiger partial charge in [0, 0.05) is 30.9 Å². The van der Waals surface area contributed by atoms with Crippen LogP contribution in [0.15, 0.2) is 36.7 Å². The lowest BCUT2D eigenvalue weighted by Crippen LogP contribution is -2.10. The molecule has 0 aliphatic carbocycles. The SMILES string of the molecule is Cc1c(-c2cnn(C)c2)nc(N)c(C#N)c1-c1cccc(CN(C)C)c1. The lowest BCUT2D eigenvalue weighted by atomic mass is 9.92. The van der Waals surface area contributed by atoms with Crippen LogP contribution in [0.4, 0.5) is 5.82 Å². The molecule has 0 spiro atoms. The zero-order chi connectivity index (χ0) is 18.8.